The molecule has 1 fully saturated rings. The summed E-state index contributed by atoms with van der Waals surface area (Å²) < 4.78 is 0. The summed E-state index contributed by atoms with van der Waals surface area (Å²) in [4.78, 5) is 0. The first-order valence-electron chi connectivity index (χ1n) is 7.39. The Kier molecular flexibility index (Phi) is 4.54. The van der Waals surface area contributed by atoms with Gasteiger partial charge in [0.05, 0.1) is 0 Å². The van der Waals surface area contributed by atoms with Crippen LogP contribution in [-0.2, 0) is 0 Å². The van der Waals surface area contributed by atoms with Crippen molar-refractivity contribution >= 4 is 23.2 Å². The molecule has 0 aliphatic heterocycles. The Labute approximate surface area is 136 Å². The Morgan fingerprint density at radius 1 is 0.905 bits per heavy atom. The highest BCUT2D eigenvalue weighted by atomic mass is 35.5. The molecule has 0 bridgehead atoms. The molecule has 0 aromatic heterocycles. The zero-order valence-corrected chi connectivity index (χ0v) is 13.5. The monoisotopic (exact) mass is 319 g/mol. The lowest BCUT2D eigenvalue weighted by molar-refractivity contribution is 0.271. The standard InChI is InChI=1S/C18H19Cl2N/c1-12(13-2-6-16(19)7-3-13)21-18-10-15(11-18)14-4-8-17(20)9-5-14/h2-9,12,15,18,21H,10-11H2,1H3. The molecule has 1 atom stereocenters. The van der Waals surface area contributed by atoms with Crippen LogP contribution in [0.25, 0.3) is 0 Å². The fourth-order valence-electron chi connectivity index (χ4n) is 2.96. The predicted octanol–water partition coefficient (Wildman–Crippen LogP) is 5.59. The minimum Gasteiger partial charge on any atom is -0.307 e. The topological polar surface area (TPSA) is 12.0 Å². The number of hydrogen-bond donors (Lipinski definition) is 1. The van der Waals surface area contributed by atoms with Crippen molar-refractivity contribution in [1.29, 1.82) is 0 Å². The van der Waals surface area contributed by atoms with Gasteiger partial charge in [-0.15, -0.1) is 0 Å². The molecule has 1 aliphatic rings. The maximum atomic E-state index is 5.93. The third kappa shape index (κ3) is 3.60. The minimum atomic E-state index is 0.360. The zero-order valence-electron chi connectivity index (χ0n) is 12.0. The highest BCUT2D eigenvalue weighted by Crippen LogP contribution is 2.38. The molecular weight excluding hydrogens is 301 g/mol. The molecule has 0 radical (unpaired) electrons. The molecule has 1 nitrogen and oxygen atoms in total. The summed E-state index contributed by atoms with van der Waals surface area (Å²) >= 11 is 11.9. The maximum Gasteiger partial charge on any atom is 0.0406 e. The average molecular weight is 320 g/mol. The van der Waals surface area contributed by atoms with Gasteiger partial charge in [0.2, 0.25) is 0 Å². The first-order valence-corrected chi connectivity index (χ1v) is 8.14. The molecule has 0 heterocycles. The fourth-order valence-corrected chi connectivity index (χ4v) is 3.21. The predicted molar refractivity (Wildman–Crippen MR) is 90.2 cm³/mol. The highest BCUT2D eigenvalue weighted by molar-refractivity contribution is 6.30. The summed E-state index contributed by atoms with van der Waals surface area (Å²) in [6, 6.07) is 17.3. The van der Waals surface area contributed by atoms with Gasteiger partial charge in [-0.25, -0.2) is 0 Å². The molecule has 1 N–H and O–H groups in total. The van der Waals surface area contributed by atoms with Gasteiger partial charge in [0.1, 0.15) is 0 Å². The molecule has 0 amide bonds. The molecule has 110 valence electrons. The Balaban J connectivity index is 1.52. The second-order valence-corrected chi connectivity index (χ2v) is 6.73. The van der Waals surface area contributed by atoms with Gasteiger partial charge in [-0.1, -0.05) is 47.5 Å². The van der Waals surface area contributed by atoms with Crippen LogP contribution in [0.2, 0.25) is 10.0 Å². The quantitative estimate of drug-likeness (QED) is 0.774. The van der Waals surface area contributed by atoms with Crippen LogP contribution in [0.15, 0.2) is 48.5 Å². The lowest BCUT2D eigenvalue weighted by Crippen LogP contribution is -2.41. The van der Waals surface area contributed by atoms with Crippen LogP contribution in [0.5, 0.6) is 0 Å². The third-order valence-electron chi connectivity index (χ3n) is 4.34. The Morgan fingerprint density at radius 2 is 1.43 bits per heavy atom. The molecular formula is C18H19Cl2N. The Hall–Kier alpha value is -1.02. The van der Waals surface area contributed by atoms with E-state index in [1.165, 1.54) is 24.0 Å². The van der Waals surface area contributed by atoms with Crippen LogP contribution in [0.3, 0.4) is 0 Å². The highest BCUT2D eigenvalue weighted by Gasteiger charge is 2.30. The summed E-state index contributed by atoms with van der Waals surface area (Å²) in [5.41, 5.74) is 2.69. The van der Waals surface area contributed by atoms with E-state index in [1.54, 1.807) is 0 Å². The van der Waals surface area contributed by atoms with Crippen LogP contribution in [-0.4, -0.2) is 6.04 Å². The minimum absolute atomic E-state index is 0.360. The van der Waals surface area contributed by atoms with Crippen molar-refractivity contribution in [1.82, 2.24) is 5.32 Å². The summed E-state index contributed by atoms with van der Waals surface area (Å²) in [5.74, 6) is 0.664. The van der Waals surface area contributed by atoms with Crippen molar-refractivity contribution in [3.63, 3.8) is 0 Å². The lowest BCUT2D eigenvalue weighted by Gasteiger charge is -2.38. The van der Waals surface area contributed by atoms with Gasteiger partial charge in [-0.05, 0) is 61.1 Å². The van der Waals surface area contributed by atoms with Gasteiger partial charge in [0, 0.05) is 22.1 Å². The van der Waals surface area contributed by atoms with E-state index in [0.717, 1.165) is 10.0 Å². The number of benzene rings is 2. The number of hydrogen-bond acceptors (Lipinski definition) is 1. The van der Waals surface area contributed by atoms with E-state index >= 15 is 0 Å². The van der Waals surface area contributed by atoms with Crippen molar-refractivity contribution < 1.29 is 0 Å². The van der Waals surface area contributed by atoms with Crippen LogP contribution >= 0.6 is 23.2 Å². The smallest absolute Gasteiger partial charge is 0.0406 e. The molecule has 2 aromatic rings. The van der Waals surface area contributed by atoms with E-state index in [2.05, 4.69) is 36.5 Å². The molecule has 2 aromatic carbocycles. The number of halogens is 2. The molecule has 1 saturated carbocycles. The van der Waals surface area contributed by atoms with E-state index in [1.807, 2.05) is 24.3 Å². The van der Waals surface area contributed by atoms with Crippen LogP contribution in [0, 0.1) is 0 Å². The van der Waals surface area contributed by atoms with Gasteiger partial charge < -0.3 is 5.32 Å². The molecule has 1 aliphatic carbocycles. The summed E-state index contributed by atoms with van der Waals surface area (Å²) in [5, 5.41) is 5.29. The number of rotatable bonds is 4. The third-order valence-corrected chi connectivity index (χ3v) is 4.84. The molecule has 0 spiro atoms. The van der Waals surface area contributed by atoms with Crippen molar-refractivity contribution in [2.75, 3.05) is 0 Å². The van der Waals surface area contributed by atoms with Gasteiger partial charge in [-0.3, -0.25) is 0 Å². The molecule has 3 rings (SSSR count). The van der Waals surface area contributed by atoms with Gasteiger partial charge >= 0.3 is 0 Å². The van der Waals surface area contributed by atoms with E-state index in [4.69, 9.17) is 23.2 Å². The maximum absolute atomic E-state index is 5.93. The Morgan fingerprint density at radius 3 is 2.00 bits per heavy atom. The summed E-state index contributed by atoms with van der Waals surface area (Å²) in [7, 11) is 0. The molecule has 0 saturated heterocycles. The Bertz CT molecular complexity index is 586. The fraction of sp³-hybridized carbons (Fsp3) is 0.333. The van der Waals surface area contributed by atoms with Crippen molar-refractivity contribution in [3.05, 3.63) is 69.7 Å². The van der Waals surface area contributed by atoms with Crippen molar-refractivity contribution in [2.24, 2.45) is 0 Å². The second kappa shape index (κ2) is 6.39. The SMILES string of the molecule is CC(NC1CC(c2ccc(Cl)cc2)C1)c1ccc(Cl)cc1. The molecule has 3 heteroatoms. The number of nitrogens with one attached hydrogen (secondary N) is 1. The first kappa shape index (κ1) is 14.9. The van der Waals surface area contributed by atoms with Crippen LogP contribution in [0.4, 0.5) is 0 Å². The van der Waals surface area contributed by atoms with Crippen molar-refractivity contribution in [3.8, 4) is 0 Å². The van der Waals surface area contributed by atoms with E-state index < -0.39 is 0 Å². The normalized spacial score (nSPS) is 22.6. The average Bonchev–Trinajstić information content (AvgIpc) is 2.44. The van der Waals surface area contributed by atoms with E-state index in [9.17, 15) is 0 Å². The van der Waals surface area contributed by atoms with Gasteiger partial charge in [-0.2, -0.15) is 0 Å². The van der Waals surface area contributed by atoms with Crippen LogP contribution in [0.1, 0.15) is 42.9 Å². The summed E-state index contributed by atoms with van der Waals surface area (Å²) in [6.45, 7) is 2.21. The van der Waals surface area contributed by atoms with Gasteiger partial charge in [0.25, 0.3) is 0 Å². The van der Waals surface area contributed by atoms with E-state index in [0.29, 0.717) is 18.0 Å². The van der Waals surface area contributed by atoms with Gasteiger partial charge in [0.15, 0.2) is 0 Å². The first-order chi connectivity index (χ1) is 10.1. The zero-order chi connectivity index (χ0) is 14.8. The second-order valence-electron chi connectivity index (χ2n) is 5.86. The lowest BCUT2D eigenvalue weighted by atomic mass is 9.75. The largest absolute Gasteiger partial charge is 0.307 e. The molecule has 21 heavy (non-hydrogen) atoms. The van der Waals surface area contributed by atoms with Crippen LogP contribution < -0.4 is 5.32 Å². The van der Waals surface area contributed by atoms with Crippen molar-refractivity contribution in [2.45, 2.75) is 37.8 Å². The van der Waals surface area contributed by atoms with E-state index in [-0.39, 0.29) is 0 Å². The molecule has 1 unspecified atom stereocenters. The summed E-state index contributed by atoms with van der Waals surface area (Å²) in [6.07, 6.45) is 2.39.